The Kier molecular flexibility index (Phi) is 6.73. The van der Waals surface area contributed by atoms with Crippen molar-refractivity contribution in [2.45, 2.75) is 24.3 Å². The quantitative estimate of drug-likeness (QED) is 0.830. The Hall–Kier alpha value is -0.420. The van der Waals surface area contributed by atoms with E-state index in [1.807, 2.05) is 6.92 Å². The highest BCUT2D eigenvalue weighted by Gasteiger charge is 2.10. The third kappa shape index (κ3) is 5.17. The molecule has 3 nitrogen and oxygen atoms in total. The molecule has 0 aliphatic carbocycles. The zero-order chi connectivity index (χ0) is 12.7. The summed E-state index contributed by atoms with van der Waals surface area (Å²) in [7, 11) is -1.01. The third-order valence-electron chi connectivity index (χ3n) is 2.37. The van der Waals surface area contributed by atoms with Gasteiger partial charge in [-0.1, -0.05) is 11.6 Å². The average Bonchev–Trinajstić information content (AvgIpc) is 2.35. The molecule has 0 bridgehead atoms. The molecule has 0 saturated carbocycles. The molecular formula is C12H18ClNO2S. The number of rotatable bonds is 7. The number of nitrogens with two attached hydrogens (primary N) is 1. The van der Waals surface area contributed by atoms with E-state index in [4.69, 9.17) is 22.1 Å². The summed E-state index contributed by atoms with van der Waals surface area (Å²) in [5.74, 6) is 0.559. The normalized spacial score (nSPS) is 14.5. The second-order valence-electron chi connectivity index (χ2n) is 3.61. The molecule has 0 radical (unpaired) electrons. The number of benzene rings is 1. The van der Waals surface area contributed by atoms with Gasteiger partial charge < -0.3 is 10.5 Å². The highest BCUT2D eigenvalue weighted by molar-refractivity contribution is 7.85. The molecule has 1 aromatic carbocycles. The Morgan fingerprint density at radius 3 is 2.59 bits per heavy atom. The van der Waals surface area contributed by atoms with E-state index in [0.717, 1.165) is 4.90 Å². The number of ether oxygens (including phenoxy) is 1. The van der Waals surface area contributed by atoms with Crippen LogP contribution in [0.25, 0.3) is 0 Å². The van der Waals surface area contributed by atoms with Crippen LogP contribution in [0.15, 0.2) is 29.2 Å². The molecule has 96 valence electrons. The first-order chi connectivity index (χ1) is 8.17. The van der Waals surface area contributed by atoms with Crippen LogP contribution in [0.1, 0.15) is 13.3 Å². The topological polar surface area (TPSA) is 52.3 Å². The smallest absolute Gasteiger partial charge is 0.0706 e. The summed E-state index contributed by atoms with van der Waals surface area (Å²) in [6.07, 6.45) is 0.704. The fourth-order valence-corrected chi connectivity index (χ4v) is 2.73. The predicted octanol–water partition coefficient (Wildman–Crippen LogP) is 2.20. The highest BCUT2D eigenvalue weighted by atomic mass is 35.5. The van der Waals surface area contributed by atoms with Crippen LogP contribution in [0, 0.1) is 0 Å². The van der Waals surface area contributed by atoms with Crippen molar-refractivity contribution in [3.8, 4) is 0 Å². The van der Waals surface area contributed by atoms with Crippen molar-refractivity contribution in [2.75, 3.05) is 18.9 Å². The van der Waals surface area contributed by atoms with Crippen molar-refractivity contribution in [1.82, 2.24) is 0 Å². The van der Waals surface area contributed by atoms with Crippen LogP contribution >= 0.6 is 11.6 Å². The van der Waals surface area contributed by atoms with Gasteiger partial charge in [-0.05, 0) is 37.6 Å². The van der Waals surface area contributed by atoms with E-state index in [1.54, 1.807) is 24.3 Å². The largest absolute Gasteiger partial charge is 0.377 e. The standard InChI is InChI=1S/C12H18ClNO2S/c1-2-16-11(9-14)7-8-17(15)12-5-3-10(13)4-6-12/h3-6,11H,2,7-9,14H2,1H3. The summed E-state index contributed by atoms with van der Waals surface area (Å²) in [5.41, 5.74) is 5.56. The van der Waals surface area contributed by atoms with Gasteiger partial charge in [-0.25, -0.2) is 0 Å². The van der Waals surface area contributed by atoms with E-state index in [9.17, 15) is 4.21 Å². The van der Waals surface area contributed by atoms with Gasteiger partial charge in [0, 0.05) is 28.8 Å². The lowest BCUT2D eigenvalue weighted by atomic mass is 10.3. The summed E-state index contributed by atoms with van der Waals surface area (Å²) >= 11 is 5.77. The molecule has 0 heterocycles. The molecule has 2 unspecified atom stereocenters. The minimum atomic E-state index is -1.01. The van der Waals surface area contributed by atoms with E-state index in [2.05, 4.69) is 0 Å². The van der Waals surface area contributed by atoms with Crippen molar-refractivity contribution >= 4 is 22.4 Å². The molecule has 0 aliphatic rings. The highest BCUT2D eigenvalue weighted by Crippen LogP contribution is 2.14. The fraction of sp³-hybridized carbons (Fsp3) is 0.500. The molecule has 2 N–H and O–H groups in total. The fourth-order valence-electron chi connectivity index (χ4n) is 1.45. The molecule has 0 amide bonds. The van der Waals surface area contributed by atoms with Crippen LogP contribution in [0.2, 0.25) is 5.02 Å². The van der Waals surface area contributed by atoms with Crippen molar-refractivity contribution in [2.24, 2.45) is 5.73 Å². The van der Waals surface area contributed by atoms with Gasteiger partial charge >= 0.3 is 0 Å². The monoisotopic (exact) mass is 275 g/mol. The van der Waals surface area contributed by atoms with E-state index < -0.39 is 10.8 Å². The summed E-state index contributed by atoms with van der Waals surface area (Å²) in [4.78, 5) is 0.793. The van der Waals surface area contributed by atoms with Crippen LogP contribution in [0.4, 0.5) is 0 Å². The van der Waals surface area contributed by atoms with Crippen LogP contribution in [0.5, 0.6) is 0 Å². The number of hydrogen-bond donors (Lipinski definition) is 1. The summed E-state index contributed by atoms with van der Waals surface area (Å²) in [6, 6.07) is 7.07. The Morgan fingerprint density at radius 2 is 2.06 bits per heavy atom. The third-order valence-corrected chi connectivity index (χ3v) is 4.02. The Labute approximate surface area is 110 Å². The van der Waals surface area contributed by atoms with E-state index >= 15 is 0 Å². The van der Waals surface area contributed by atoms with Crippen LogP contribution in [0.3, 0.4) is 0 Å². The molecule has 2 atom stereocenters. The molecule has 1 aromatic rings. The van der Waals surface area contributed by atoms with Gasteiger partial charge in [-0.3, -0.25) is 4.21 Å². The maximum absolute atomic E-state index is 12.0. The summed E-state index contributed by atoms with van der Waals surface area (Å²) in [5, 5.41) is 0.653. The van der Waals surface area contributed by atoms with Crippen LogP contribution in [-0.4, -0.2) is 29.2 Å². The van der Waals surface area contributed by atoms with Gasteiger partial charge in [0.05, 0.1) is 16.9 Å². The summed E-state index contributed by atoms with van der Waals surface area (Å²) in [6.45, 7) is 3.03. The first-order valence-corrected chi connectivity index (χ1v) is 7.32. The number of hydrogen-bond acceptors (Lipinski definition) is 3. The Balaban J connectivity index is 2.46. The molecule has 5 heteroatoms. The first kappa shape index (κ1) is 14.6. The van der Waals surface area contributed by atoms with Crippen molar-refractivity contribution < 1.29 is 8.95 Å². The van der Waals surface area contributed by atoms with Crippen molar-refractivity contribution in [3.05, 3.63) is 29.3 Å². The zero-order valence-corrected chi connectivity index (χ0v) is 11.5. The maximum Gasteiger partial charge on any atom is 0.0706 e. The second kappa shape index (κ2) is 7.82. The molecule has 0 aromatic heterocycles. The second-order valence-corrected chi connectivity index (χ2v) is 5.61. The van der Waals surface area contributed by atoms with Gasteiger partial charge in [-0.15, -0.1) is 0 Å². The van der Waals surface area contributed by atoms with E-state index in [-0.39, 0.29) is 6.10 Å². The first-order valence-electron chi connectivity index (χ1n) is 5.63. The van der Waals surface area contributed by atoms with Gasteiger partial charge in [0.15, 0.2) is 0 Å². The lowest BCUT2D eigenvalue weighted by molar-refractivity contribution is 0.0672. The van der Waals surface area contributed by atoms with E-state index in [0.29, 0.717) is 30.3 Å². The van der Waals surface area contributed by atoms with Crippen molar-refractivity contribution in [3.63, 3.8) is 0 Å². The molecule has 1 rings (SSSR count). The predicted molar refractivity (Wildman–Crippen MR) is 71.8 cm³/mol. The van der Waals surface area contributed by atoms with Gasteiger partial charge in [0.1, 0.15) is 0 Å². The van der Waals surface area contributed by atoms with Gasteiger partial charge in [-0.2, -0.15) is 0 Å². The molecular weight excluding hydrogens is 258 g/mol. The Bertz CT molecular complexity index is 356. The van der Waals surface area contributed by atoms with E-state index in [1.165, 1.54) is 0 Å². The maximum atomic E-state index is 12.0. The van der Waals surface area contributed by atoms with Crippen LogP contribution < -0.4 is 5.73 Å². The Morgan fingerprint density at radius 1 is 1.41 bits per heavy atom. The molecule has 0 saturated heterocycles. The molecule has 0 fully saturated rings. The zero-order valence-electron chi connectivity index (χ0n) is 9.90. The molecule has 0 spiro atoms. The summed E-state index contributed by atoms with van der Waals surface area (Å²) < 4.78 is 17.4. The van der Waals surface area contributed by atoms with Crippen LogP contribution in [-0.2, 0) is 15.5 Å². The van der Waals surface area contributed by atoms with Crippen molar-refractivity contribution in [1.29, 1.82) is 0 Å². The molecule has 17 heavy (non-hydrogen) atoms. The average molecular weight is 276 g/mol. The van der Waals surface area contributed by atoms with Gasteiger partial charge in [0.25, 0.3) is 0 Å². The SMILES string of the molecule is CCOC(CN)CCS(=O)c1ccc(Cl)cc1. The minimum Gasteiger partial charge on any atom is -0.377 e. The van der Waals surface area contributed by atoms with Gasteiger partial charge in [0.2, 0.25) is 0 Å². The number of halogens is 1. The molecule has 0 aliphatic heterocycles. The lowest BCUT2D eigenvalue weighted by Crippen LogP contribution is -2.25. The minimum absolute atomic E-state index is 0.00347. The lowest BCUT2D eigenvalue weighted by Gasteiger charge is -2.14.